The lowest BCUT2D eigenvalue weighted by Gasteiger charge is -2.12. The second kappa shape index (κ2) is 4.16. The predicted octanol–water partition coefficient (Wildman–Crippen LogP) is 3.27. The number of aromatic nitrogens is 3. The molecule has 0 amide bonds. The minimum atomic E-state index is 0.357. The highest BCUT2D eigenvalue weighted by atomic mass is 14.9. The molecule has 3 heteroatoms. The first-order valence-electron chi connectivity index (χ1n) is 5.71. The van der Waals surface area contributed by atoms with E-state index in [-0.39, 0.29) is 0 Å². The van der Waals surface area contributed by atoms with Crippen molar-refractivity contribution in [3.05, 3.63) is 30.0 Å². The predicted molar refractivity (Wildman–Crippen MR) is 65.5 cm³/mol. The minimum absolute atomic E-state index is 0.357. The van der Waals surface area contributed by atoms with Crippen LogP contribution in [0.1, 0.15) is 51.0 Å². The summed E-state index contributed by atoms with van der Waals surface area (Å²) in [4.78, 5) is 13.4. The van der Waals surface area contributed by atoms with Crippen LogP contribution < -0.4 is 0 Å². The van der Waals surface area contributed by atoms with E-state index in [0.29, 0.717) is 11.8 Å². The monoisotopic (exact) mass is 215 g/mol. The molecular formula is C13H17N3. The molecule has 0 fully saturated rings. The van der Waals surface area contributed by atoms with E-state index in [1.165, 1.54) is 0 Å². The van der Waals surface area contributed by atoms with Gasteiger partial charge >= 0.3 is 0 Å². The second-order valence-electron chi connectivity index (χ2n) is 4.67. The van der Waals surface area contributed by atoms with Crippen LogP contribution >= 0.6 is 0 Å². The third-order valence-corrected chi connectivity index (χ3v) is 2.61. The van der Waals surface area contributed by atoms with Gasteiger partial charge in [0.2, 0.25) is 0 Å². The average Bonchev–Trinajstić information content (AvgIpc) is 2.27. The zero-order valence-corrected chi connectivity index (χ0v) is 10.2. The van der Waals surface area contributed by atoms with Gasteiger partial charge in [-0.3, -0.25) is 4.98 Å². The number of rotatable bonds is 2. The number of hydrogen-bond donors (Lipinski definition) is 0. The first-order chi connectivity index (χ1) is 7.59. The number of hydrogen-bond acceptors (Lipinski definition) is 3. The van der Waals surface area contributed by atoms with Crippen LogP contribution in [0.15, 0.2) is 18.5 Å². The Morgan fingerprint density at radius 1 is 1.00 bits per heavy atom. The van der Waals surface area contributed by atoms with Crippen molar-refractivity contribution in [2.45, 2.75) is 39.5 Å². The summed E-state index contributed by atoms with van der Waals surface area (Å²) in [5.74, 6) is 1.67. The van der Waals surface area contributed by atoms with Crippen molar-refractivity contribution in [2.75, 3.05) is 0 Å². The summed E-state index contributed by atoms with van der Waals surface area (Å²) in [5, 5.41) is 1.07. The molecule has 0 aliphatic heterocycles. The van der Waals surface area contributed by atoms with Crippen molar-refractivity contribution >= 4 is 10.9 Å². The van der Waals surface area contributed by atoms with E-state index >= 15 is 0 Å². The van der Waals surface area contributed by atoms with E-state index in [4.69, 9.17) is 0 Å². The van der Waals surface area contributed by atoms with E-state index in [9.17, 15) is 0 Å². The maximum atomic E-state index is 4.65. The summed E-state index contributed by atoms with van der Waals surface area (Å²) < 4.78 is 0. The molecule has 0 saturated heterocycles. The van der Waals surface area contributed by atoms with E-state index in [2.05, 4.69) is 42.6 Å². The highest BCUT2D eigenvalue weighted by Crippen LogP contribution is 2.23. The van der Waals surface area contributed by atoms with Crippen molar-refractivity contribution < 1.29 is 0 Å². The smallest absolute Gasteiger partial charge is 0.131 e. The van der Waals surface area contributed by atoms with E-state index in [0.717, 1.165) is 22.4 Å². The summed E-state index contributed by atoms with van der Waals surface area (Å²) in [6.45, 7) is 8.54. The van der Waals surface area contributed by atoms with Crippen LogP contribution in [-0.2, 0) is 0 Å². The van der Waals surface area contributed by atoms with Crippen molar-refractivity contribution in [2.24, 2.45) is 0 Å². The van der Waals surface area contributed by atoms with Gasteiger partial charge in [-0.1, -0.05) is 27.7 Å². The molecule has 0 N–H and O–H groups in total. The average molecular weight is 215 g/mol. The fourth-order valence-corrected chi connectivity index (χ4v) is 1.71. The standard InChI is InChI=1S/C13H17N3/c1-8(2)12-10-7-14-6-5-11(10)15-13(16-12)9(3)4/h5-9H,1-4H3. The zero-order valence-electron chi connectivity index (χ0n) is 10.2. The molecule has 0 aromatic carbocycles. The molecule has 2 heterocycles. The van der Waals surface area contributed by atoms with Gasteiger partial charge in [-0.05, 0) is 12.0 Å². The zero-order chi connectivity index (χ0) is 11.7. The van der Waals surface area contributed by atoms with Gasteiger partial charge in [0, 0.05) is 23.7 Å². The summed E-state index contributed by atoms with van der Waals surface area (Å²) in [6, 6.07) is 1.95. The maximum Gasteiger partial charge on any atom is 0.131 e. The molecule has 0 bridgehead atoms. The molecule has 2 aromatic heterocycles. The Kier molecular flexibility index (Phi) is 2.86. The largest absolute Gasteiger partial charge is 0.264 e. The van der Waals surface area contributed by atoms with Gasteiger partial charge in [0.25, 0.3) is 0 Å². The van der Waals surface area contributed by atoms with Crippen LogP contribution in [0, 0.1) is 0 Å². The third kappa shape index (κ3) is 1.90. The molecule has 3 nitrogen and oxygen atoms in total. The minimum Gasteiger partial charge on any atom is -0.264 e. The van der Waals surface area contributed by atoms with Crippen LogP contribution in [0.4, 0.5) is 0 Å². The second-order valence-corrected chi connectivity index (χ2v) is 4.67. The SMILES string of the molecule is CC(C)c1nc(C(C)C)c2cnccc2n1. The highest BCUT2D eigenvalue weighted by molar-refractivity contribution is 5.80. The van der Waals surface area contributed by atoms with Crippen molar-refractivity contribution in [1.29, 1.82) is 0 Å². The molecule has 0 aliphatic rings. The molecule has 0 aliphatic carbocycles. The van der Waals surface area contributed by atoms with Crippen LogP contribution in [0.25, 0.3) is 10.9 Å². The Morgan fingerprint density at radius 2 is 1.75 bits per heavy atom. The van der Waals surface area contributed by atoms with E-state index in [1.807, 2.05) is 12.3 Å². The van der Waals surface area contributed by atoms with Crippen LogP contribution in [0.3, 0.4) is 0 Å². The first-order valence-corrected chi connectivity index (χ1v) is 5.71. The van der Waals surface area contributed by atoms with E-state index in [1.54, 1.807) is 6.20 Å². The Labute approximate surface area is 96.0 Å². The quantitative estimate of drug-likeness (QED) is 0.771. The Balaban J connectivity index is 2.74. The molecular weight excluding hydrogens is 198 g/mol. The van der Waals surface area contributed by atoms with Gasteiger partial charge < -0.3 is 0 Å². The maximum absolute atomic E-state index is 4.65. The lowest BCUT2D eigenvalue weighted by Crippen LogP contribution is -2.04. The molecule has 84 valence electrons. The lowest BCUT2D eigenvalue weighted by molar-refractivity contribution is 0.742. The number of pyridine rings is 1. The van der Waals surface area contributed by atoms with Crippen LogP contribution in [0.2, 0.25) is 0 Å². The molecule has 2 aromatic rings. The molecule has 0 spiro atoms. The topological polar surface area (TPSA) is 38.7 Å². The first kappa shape index (κ1) is 11.0. The van der Waals surface area contributed by atoms with Gasteiger partial charge in [-0.15, -0.1) is 0 Å². The van der Waals surface area contributed by atoms with Gasteiger partial charge in [0.05, 0.1) is 11.2 Å². The fraction of sp³-hybridized carbons (Fsp3) is 0.462. The van der Waals surface area contributed by atoms with E-state index < -0.39 is 0 Å². The number of fused-ring (bicyclic) bond motifs is 1. The molecule has 0 radical (unpaired) electrons. The normalized spacial score (nSPS) is 11.6. The molecule has 0 unspecified atom stereocenters. The Hall–Kier alpha value is -1.51. The highest BCUT2D eigenvalue weighted by Gasteiger charge is 2.12. The van der Waals surface area contributed by atoms with Gasteiger partial charge in [0.1, 0.15) is 5.82 Å². The Bertz CT molecular complexity index is 504. The van der Waals surface area contributed by atoms with Crippen molar-refractivity contribution in [3.63, 3.8) is 0 Å². The summed E-state index contributed by atoms with van der Waals surface area (Å²) >= 11 is 0. The summed E-state index contributed by atoms with van der Waals surface area (Å²) in [7, 11) is 0. The van der Waals surface area contributed by atoms with Gasteiger partial charge in [-0.25, -0.2) is 9.97 Å². The molecule has 0 atom stereocenters. The molecule has 16 heavy (non-hydrogen) atoms. The summed E-state index contributed by atoms with van der Waals surface area (Å²) in [6.07, 6.45) is 3.64. The van der Waals surface area contributed by atoms with Gasteiger partial charge in [-0.2, -0.15) is 0 Å². The molecule has 0 saturated carbocycles. The molecule has 2 rings (SSSR count). The lowest BCUT2D eigenvalue weighted by atomic mass is 10.1. The van der Waals surface area contributed by atoms with Crippen LogP contribution in [-0.4, -0.2) is 15.0 Å². The van der Waals surface area contributed by atoms with Crippen molar-refractivity contribution in [1.82, 2.24) is 15.0 Å². The fourth-order valence-electron chi connectivity index (χ4n) is 1.71. The number of nitrogens with zero attached hydrogens (tertiary/aromatic N) is 3. The van der Waals surface area contributed by atoms with Crippen LogP contribution in [0.5, 0.6) is 0 Å². The van der Waals surface area contributed by atoms with Crippen molar-refractivity contribution in [3.8, 4) is 0 Å². The van der Waals surface area contributed by atoms with Gasteiger partial charge in [0.15, 0.2) is 0 Å². The summed E-state index contributed by atoms with van der Waals surface area (Å²) in [5.41, 5.74) is 2.10. The third-order valence-electron chi connectivity index (χ3n) is 2.61. The Morgan fingerprint density at radius 3 is 2.38 bits per heavy atom.